The summed E-state index contributed by atoms with van der Waals surface area (Å²) in [7, 11) is 1.52. The number of carbonyl (C=O) groups is 2. The van der Waals surface area contributed by atoms with Gasteiger partial charge < -0.3 is 10.4 Å². The Hall–Kier alpha value is -1.66. The molecular formula is C12H14ClFN2O3. The Bertz CT molecular complexity index is 496. The number of carboxylic acids is 1. The van der Waals surface area contributed by atoms with Gasteiger partial charge in [-0.15, -0.1) is 0 Å². The molecule has 0 bridgehead atoms. The van der Waals surface area contributed by atoms with E-state index in [0.29, 0.717) is 0 Å². The van der Waals surface area contributed by atoms with Gasteiger partial charge in [0, 0.05) is 0 Å². The monoisotopic (exact) mass is 288 g/mol. The first-order valence-corrected chi connectivity index (χ1v) is 5.87. The van der Waals surface area contributed by atoms with E-state index in [1.54, 1.807) is 0 Å². The van der Waals surface area contributed by atoms with Crippen LogP contribution in [0.3, 0.4) is 0 Å². The lowest BCUT2D eigenvalue weighted by Gasteiger charge is -2.20. The third-order valence-electron chi connectivity index (χ3n) is 2.62. The molecule has 0 aliphatic carbocycles. The maximum atomic E-state index is 12.8. The van der Waals surface area contributed by atoms with Crippen LogP contribution in [0.25, 0.3) is 0 Å². The summed E-state index contributed by atoms with van der Waals surface area (Å²) in [6, 6.07) is 2.82. The first-order valence-electron chi connectivity index (χ1n) is 5.49. The van der Waals surface area contributed by atoms with E-state index in [-0.39, 0.29) is 17.3 Å². The van der Waals surface area contributed by atoms with Gasteiger partial charge in [0.25, 0.3) is 0 Å². The Kier molecular flexibility index (Phi) is 5.26. The van der Waals surface area contributed by atoms with Crippen LogP contribution in [0.2, 0.25) is 5.02 Å². The molecule has 0 saturated heterocycles. The van der Waals surface area contributed by atoms with Crippen molar-refractivity contribution in [2.45, 2.75) is 13.0 Å². The molecule has 0 aromatic heterocycles. The topological polar surface area (TPSA) is 69.6 Å². The fourth-order valence-electron chi connectivity index (χ4n) is 1.33. The highest BCUT2D eigenvalue weighted by Gasteiger charge is 2.19. The maximum absolute atomic E-state index is 12.8. The molecule has 1 atom stereocenters. The molecule has 1 unspecified atom stereocenters. The lowest BCUT2D eigenvalue weighted by molar-refractivity contribution is -0.142. The standard InChI is InChI=1S/C12H14ClFN2O3/c1-7(12(18)19)16(2)6-11(17)15-10-4-3-8(14)5-9(10)13/h3-5,7H,6H2,1-2H3,(H,15,17)(H,18,19). The van der Waals surface area contributed by atoms with E-state index in [1.165, 1.54) is 31.0 Å². The Labute approximate surface area is 115 Å². The van der Waals surface area contributed by atoms with Crippen molar-refractivity contribution in [3.63, 3.8) is 0 Å². The molecule has 1 amide bonds. The number of halogens is 2. The zero-order chi connectivity index (χ0) is 14.6. The van der Waals surface area contributed by atoms with Crippen LogP contribution < -0.4 is 5.32 Å². The van der Waals surface area contributed by atoms with Gasteiger partial charge in [-0.05, 0) is 32.2 Å². The number of likely N-dealkylation sites (N-methyl/N-ethyl adjacent to an activating group) is 1. The van der Waals surface area contributed by atoms with Crippen LogP contribution in [0, 0.1) is 5.82 Å². The molecule has 0 spiro atoms. The Morgan fingerprint density at radius 1 is 1.53 bits per heavy atom. The quantitative estimate of drug-likeness (QED) is 0.867. The van der Waals surface area contributed by atoms with E-state index in [2.05, 4.69) is 5.32 Å². The van der Waals surface area contributed by atoms with Crippen molar-refractivity contribution < 1.29 is 19.1 Å². The first-order chi connectivity index (χ1) is 8.81. The minimum Gasteiger partial charge on any atom is -0.480 e. The van der Waals surface area contributed by atoms with Crippen LogP contribution >= 0.6 is 11.6 Å². The highest BCUT2D eigenvalue weighted by Crippen LogP contribution is 2.22. The van der Waals surface area contributed by atoms with Crippen LogP contribution in [0.4, 0.5) is 10.1 Å². The molecule has 0 aliphatic rings. The smallest absolute Gasteiger partial charge is 0.320 e. The molecule has 5 nitrogen and oxygen atoms in total. The van der Waals surface area contributed by atoms with E-state index in [9.17, 15) is 14.0 Å². The molecule has 0 heterocycles. The van der Waals surface area contributed by atoms with Crippen molar-refractivity contribution in [3.05, 3.63) is 29.0 Å². The molecule has 0 aliphatic heterocycles. The van der Waals surface area contributed by atoms with E-state index in [1.807, 2.05) is 0 Å². The number of anilines is 1. The van der Waals surface area contributed by atoms with Crippen molar-refractivity contribution in [1.29, 1.82) is 0 Å². The van der Waals surface area contributed by atoms with Crippen LogP contribution in [0.1, 0.15) is 6.92 Å². The summed E-state index contributed by atoms with van der Waals surface area (Å²) in [5.74, 6) is -1.95. The summed E-state index contributed by atoms with van der Waals surface area (Å²) in [4.78, 5) is 23.8. The number of carbonyl (C=O) groups excluding carboxylic acids is 1. The van der Waals surface area contributed by atoms with E-state index in [0.717, 1.165) is 6.07 Å². The summed E-state index contributed by atoms with van der Waals surface area (Å²) in [6.07, 6.45) is 0. The summed E-state index contributed by atoms with van der Waals surface area (Å²) < 4.78 is 12.8. The Morgan fingerprint density at radius 3 is 2.68 bits per heavy atom. The fraction of sp³-hybridized carbons (Fsp3) is 0.333. The zero-order valence-electron chi connectivity index (χ0n) is 10.5. The van der Waals surface area contributed by atoms with Gasteiger partial charge in [0.15, 0.2) is 0 Å². The van der Waals surface area contributed by atoms with Crippen molar-refractivity contribution in [1.82, 2.24) is 4.90 Å². The fourth-order valence-corrected chi connectivity index (χ4v) is 1.55. The van der Waals surface area contributed by atoms with Gasteiger partial charge in [0.1, 0.15) is 11.9 Å². The number of nitrogens with one attached hydrogen (secondary N) is 1. The minimum atomic E-state index is -1.02. The average molecular weight is 289 g/mol. The molecule has 1 rings (SSSR count). The van der Waals surface area contributed by atoms with Crippen molar-refractivity contribution in [3.8, 4) is 0 Å². The number of hydrogen-bond acceptors (Lipinski definition) is 3. The van der Waals surface area contributed by atoms with Gasteiger partial charge in [0.05, 0.1) is 17.3 Å². The lowest BCUT2D eigenvalue weighted by Crippen LogP contribution is -2.40. The maximum Gasteiger partial charge on any atom is 0.320 e. The molecule has 1 aromatic rings. The zero-order valence-corrected chi connectivity index (χ0v) is 11.2. The predicted molar refractivity (Wildman–Crippen MR) is 69.8 cm³/mol. The number of rotatable bonds is 5. The van der Waals surface area contributed by atoms with Crippen molar-refractivity contribution >= 4 is 29.2 Å². The second-order valence-corrected chi connectivity index (χ2v) is 4.51. The number of benzene rings is 1. The Morgan fingerprint density at radius 2 is 2.16 bits per heavy atom. The second kappa shape index (κ2) is 6.49. The molecule has 0 fully saturated rings. The number of hydrogen-bond donors (Lipinski definition) is 2. The summed E-state index contributed by atoms with van der Waals surface area (Å²) in [5.41, 5.74) is 0.282. The number of nitrogens with zero attached hydrogens (tertiary/aromatic N) is 1. The highest BCUT2D eigenvalue weighted by molar-refractivity contribution is 6.33. The molecule has 7 heteroatoms. The van der Waals surface area contributed by atoms with Crippen molar-refractivity contribution in [2.75, 3.05) is 18.9 Å². The van der Waals surface area contributed by atoms with Gasteiger partial charge >= 0.3 is 5.97 Å². The Balaban J connectivity index is 2.63. The molecule has 1 aromatic carbocycles. The van der Waals surface area contributed by atoms with Gasteiger partial charge in [-0.25, -0.2) is 4.39 Å². The average Bonchev–Trinajstić information content (AvgIpc) is 2.31. The normalized spacial score (nSPS) is 12.3. The molecular weight excluding hydrogens is 275 g/mol. The molecule has 0 radical (unpaired) electrons. The van der Waals surface area contributed by atoms with Crippen LogP contribution in [-0.2, 0) is 9.59 Å². The minimum absolute atomic E-state index is 0.0855. The predicted octanol–water partition coefficient (Wildman–Crippen LogP) is 1.82. The number of aliphatic carboxylic acids is 1. The molecule has 2 N–H and O–H groups in total. The van der Waals surface area contributed by atoms with Gasteiger partial charge in [0.2, 0.25) is 5.91 Å². The van der Waals surface area contributed by atoms with Gasteiger partial charge in [-0.1, -0.05) is 11.6 Å². The lowest BCUT2D eigenvalue weighted by atomic mass is 10.3. The molecule has 0 saturated carbocycles. The third-order valence-corrected chi connectivity index (χ3v) is 2.93. The van der Waals surface area contributed by atoms with Crippen LogP contribution in [-0.4, -0.2) is 41.5 Å². The van der Waals surface area contributed by atoms with Gasteiger partial charge in [-0.3, -0.25) is 14.5 Å². The number of carboxylic acid groups (broad SMARTS) is 1. The summed E-state index contributed by atoms with van der Waals surface area (Å²) in [5, 5.41) is 11.4. The van der Waals surface area contributed by atoms with E-state index in [4.69, 9.17) is 16.7 Å². The molecule has 19 heavy (non-hydrogen) atoms. The summed E-state index contributed by atoms with van der Waals surface area (Å²) in [6.45, 7) is 1.36. The summed E-state index contributed by atoms with van der Waals surface area (Å²) >= 11 is 5.76. The molecule has 104 valence electrons. The van der Waals surface area contributed by atoms with Gasteiger partial charge in [-0.2, -0.15) is 0 Å². The third kappa shape index (κ3) is 4.50. The second-order valence-electron chi connectivity index (χ2n) is 4.10. The first kappa shape index (κ1) is 15.4. The van der Waals surface area contributed by atoms with Crippen molar-refractivity contribution in [2.24, 2.45) is 0 Å². The van der Waals surface area contributed by atoms with E-state index < -0.39 is 23.7 Å². The number of amides is 1. The largest absolute Gasteiger partial charge is 0.480 e. The highest BCUT2D eigenvalue weighted by atomic mass is 35.5. The van der Waals surface area contributed by atoms with Crippen LogP contribution in [0.15, 0.2) is 18.2 Å². The van der Waals surface area contributed by atoms with Crippen LogP contribution in [0.5, 0.6) is 0 Å². The SMILES string of the molecule is CC(C(=O)O)N(C)CC(=O)Nc1ccc(F)cc1Cl. The van der Waals surface area contributed by atoms with E-state index >= 15 is 0 Å².